The molecule has 19 heteroatoms. The number of morpholine rings is 1. The molecule has 3 aromatic carbocycles. The Morgan fingerprint density at radius 2 is 1.43 bits per heavy atom. The second-order valence-corrected chi connectivity index (χ2v) is 13.1. The van der Waals surface area contributed by atoms with Crippen molar-refractivity contribution < 1.29 is 40.3 Å². The maximum atomic E-state index is 13.6. The van der Waals surface area contributed by atoms with Crippen LogP contribution in [0, 0.1) is 0 Å². The second kappa shape index (κ2) is 11.6. The van der Waals surface area contributed by atoms with Gasteiger partial charge in [-0.15, -0.1) is 0 Å². The average molecular weight is 688 g/mol. The average Bonchev–Trinajstić information content (AvgIpc) is 3.00. The zero-order chi connectivity index (χ0) is 33.0. The van der Waals surface area contributed by atoms with Crippen molar-refractivity contribution in [2.45, 2.75) is 9.79 Å². The summed E-state index contributed by atoms with van der Waals surface area (Å²) in [5.74, 6) is -1.31. The first kappa shape index (κ1) is 31.3. The van der Waals surface area contributed by atoms with E-state index >= 15 is 0 Å². The molecule has 0 spiro atoms. The van der Waals surface area contributed by atoms with Crippen molar-refractivity contribution in [3.8, 4) is 0 Å². The van der Waals surface area contributed by atoms with Crippen molar-refractivity contribution >= 4 is 78.0 Å². The number of nitrogens with one attached hydrogen (secondary N) is 2. The molecule has 0 bridgehead atoms. The third-order valence-corrected chi connectivity index (χ3v) is 9.11. The van der Waals surface area contributed by atoms with Crippen LogP contribution in [-0.4, -0.2) is 78.8 Å². The maximum Gasteiger partial charge on any atom is 0.296 e. The molecule has 1 aromatic heterocycles. The lowest BCUT2D eigenvalue weighted by atomic mass is 9.82. The van der Waals surface area contributed by atoms with Crippen LogP contribution in [0.2, 0.25) is 5.28 Å². The molecule has 2 aliphatic rings. The molecule has 1 aliphatic heterocycles. The van der Waals surface area contributed by atoms with Crippen LogP contribution in [0.25, 0.3) is 0 Å². The highest BCUT2D eigenvalue weighted by Gasteiger charge is 2.37. The molecule has 1 aliphatic carbocycles. The zero-order valence-corrected chi connectivity index (χ0v) is 25.6. The highest BCUT2D eigenvalue weighted by Crippen LogP contribution is 2.41. The van der Waals surface area contributed by atoms with Crippen LogP contribution in [-0.2, 0) is 25.0 Å². The predicted octanol–water partition coefficient (Wildman–Crippen LogP) is 2.70. The largest absolute Gasteiger partial charge is 0.397 e. The van der Waals surface area contributed by atoms with Crippen LogP contribution >= 0.6 is 11.6 Å². The number of ketones is 2. The Morgan fingerprint density at radius 1 is 0.804 bits per heavy atom. The van der Waals surface area contributed by atoms with Crippen molar-refractivity contribution in [1.82, 2.24) is 15.0 Å². The lowest BCUT2D eigenvalue weighted by Crippen LogP contribution is -2.37. The van der Waals surface area contributed by atoms with Gasteiger partial charge in [-0.05, 0) is 35.9 Å². The van der Waals surface area contributed by atoms with E-state index in [1.54, 1.807) is 0 Å². The van der Waals surface area contributed by atoms with Crippen LogP contribution in [0.15, 0.2) is 58.3 Å². The molecule has 1 saturated heterocycles. The van der Waals surface area contributed by atoms with Gasteiger partial charge in [0, 0.05) is 29.9 Å². The van der Waals surface area contributed by atoms with Crippen LogP contribution < -0.4 is 21.3 Å². The normalized spacial score (nSPS) is 14.9. The summed E-state index contributed by atoms with van der Waals surface area (Å²) < 4.78 is 74.9. The first-order valence-electron chi connectivity index (χ1n) is 13.2. The number of hydrogen-bond acceptors (Lipinski definition) is 14. The molecule has 6 N–H and O–H groups in total. The summed E-state index contributed by atoms with van der Waals surface area (Å²) in [6, 6.07) is 10.1. The molecule has 0 amide bonds. The quantitative estimate of drug-likeness (QED) is 0.122. The second-order valence-electron chi connectivity index (χ2n) is 10.0. The minimum absolute atomic E-state index is 0.0101. The number of anilines is 6. The van der Waals surface area contributed by atoms with Crippen molar-refractivity contribution in [3.05, 3.63) is 76.1 Å². The molecule has 0 radical (unpaired) electrons. The monoisotopic (exact) mass is 687 g/mol. The summed E-state index contributed by atoms with van der Waals surface area (Å²) in [5, 5.41) is 5.29. The number of carbonyl (C=O) groups excluding carboxylic acids is 2. The molecule has 0 atom stereocenters. The minimum atomic E-state index is -5.04. The van der Waals surface area contributed by atoms with Gasteiger partial charge in [-0.1, -0.05) is 24.3 Å². The number of nitrogens with two attached hydrogens (primary N) is 1. The summed E-state index contributed by atoms with van der Waals surface area (Å²) in [4.78, 5) is 39.7. The van der Waals surface area contributed by atoms with Gasteiger partial charge in [-0.2, -0.15) is 31.8 Å². The summed E-state index contributed by atoms with van der Waals surface area (Å²) >= 11 is 6.10. The molecular weight excluding hydrogens is 666 g/mol. The first-order chi connectivity index (χ1) is 21.7. The van der Waals surface area contributed by atoms with Crippen LogP contribution in [0.4, 0.5) is 34.6 Å². The number of rotatable bonds is 7. The molecule has 2 heterocycles. The van der Waals surface area contributed by atoms with Crippen molar-refractivity contribution in [1.29, 1.82) is 0 Å². The lowest BCUT2D eigenvalue weighted by molar-refractivity contribution is 0.0980. The molecule has 238 valence electrons. The third kappa shape index (κ3) is 5.84. The van der Waals surface area contributed by atoms with Gasteiger partial charge in [-0.3, -0.25) is 18.7 Å². The lowest BCUT2D eigenvalue weighted by Gasteiger charge is -2.26. The number of halogens is 1. The van der Waals surface area contributed by atoms with Gasteiger partial charge in [0.15, 0.2) is 11.6 Å². The van der Waals surface area contributed by atoms with E-state index in [1.165, 1.54) is 36.4 Å². The summed E-state index contributed by atoms with van der Waals surface area (Å²) in [6.45, 7) is 1.91. The van der Waals surface area contributed by atoms with Crippen molar-refractivity contribution in [2.75, 3.05) is 47.6 Å². The molecule has 0 unspecified atom stereocenters. The maximum absolute atomic E-state index is 13.6. The van der Waals surface area contributed by atoms with Crippen LogP contribution in [0.3, 0.4) is 0 Å². The van der Waals surface area contributed by atoms with Crippen molar-refractivity contribution in [3.63, 3.8) is 0 Å². The number of nitrogens with zero attached hydrogens (tertiary/aromatic N) is 4. The molecule has 46 heavy (non-hydrogen) atoms. The Hall–Kier alpha value is -4.72. The number of hydrogen-bond donors (Lipinski definition) is 5. The number of benzene rings is 3. The molecule has 16 nitrogen and oxygen atoms in total. The van der Waals surface area contributed by atoms with E-state index in [0.29, 0.717) is 26.3 Å². The number of carbonyl (C=O) groups is 2. The third-order valence-electron chi connectivity index (χ3n) is 7.15. The van der Waals surface area contributed by atoms with E-state index in [4.69, 9.17) is 22.1 Å². The molecular formula is C27H22ClN7O9S2. The molecule has 4 aromatic rings. The van der Waals surface area contributed by atoms with Crippen LogP contribution in [0.1, 0.15) is 31.8 Å². The number of fused-ring (bicyclic) bond motifs is 2. The highest BCUT2D eigenvalue weighted by atomic mass is 35.5. The van der Waals surface area contributed by atoms with Crippen molar-refractivity contribution in [2.24, 2.45) is 0 Å². The molecule has 1 fully saturated rings. The van der Waals surface area contributed by atoms with E-state index in [0.717, 1.165) is 12.1 Å². The standard InChI is InChI=1S/C27H22ClN7O9S2/c28-25-32-26(34-27(33-25)35-7-9-44-10-8-35)30-13-5-6-16(18(11-13)45(38,39)40)31-17-12-19(46(41,42)43)22(29)21-20(17)23(36)14-3-1-2-4-15(14)24(21)37/h1-6,11-12,31H,7-10,29H2,(H,38,39,40)(H,41,42,43)(H,30,32,33,34). The number of nitrogen functional groups attached to an aromatic ring is 1. The Balaban J connectivity index is 1.43. The van der Waals surface area contributed by atoms with Gasteiger partial charge < -0.3 is 26.0 Å². The van der Waals surface area contributed by atoms with E-state index in [-0.39, 0.29) is 50.9 Å². The first-order valence-corrected chi connectivity index (χ1v) is 16.5. The Kier molecular flexibility index (Phi) is 7.87. The highest BCUT2D eigenvalue weighted by molar-refractivity contribution is 7.86. The van der Waals surface area contributed by atoms with Gasteiger partial charge in [0.1, 0.15) is 9.79 Å². The Morgan fingerprint density at radius 3 is 2.07 bits per heavy atom. The fourth-order valence-electron chi connectivity index (χ4n) is 5.10. The molecule has 0 saturated carbocycles. The van der Waals surface area contributed by atoms with Gasteiger partial charge in [0.2, 0.25) is 17.2 Å². The Labute approximate surface area is 266 Å². The summed E-state index contributed by atoms with van der Waals surface area (Å²) in [5.41, 5.74) is 3.77. The van der Waals surface area contributed by atoms with Gasteiger partial charge in [0.25, 0.3) is 20.2 Å². The smallest absolute Gasteiger partial charge is 0.296 e. The fraction of sp³-hybridized carbons (Fsp3) is 0.148. The predicted molar refractivity (Wildman–Crippen MR) is 165 cm³/mol. The minimum Gasteiger partial charge on any atom is -0.397 e. The summed E-state index contributed by atoms with van der Waals surface area (Å²) in [6.07, 6.45) is 0. The van der Waals surface area contributed by atoms with Gasteiger partial charge in [0.05, 0.1) is 41.4 Å². The SMILES string of the molecule is Nc1c(S(=O)(=O)O)cc(Nc2ccc(Nc3nc(Cl)nc(N4CCOCC4)n3)cc2S(=O)(=O)O)c2c1C(=O)c1ccccc1C2=O. The van der Waals surface area contributed by atoms with Gasteiger partial charge in [-0.25, -0.2) is 0 Å². The number of aromatic nitrogens is 3. The number of ether oxygens (including phenoxy) is 1. The zero-order valence-electron chi connectivity index (χ0n) is 23.3. The Bertz CT molecular complexity index is 2170. The van der Waals surface area contributed by atoms with E-state index in [1.807, 2.05) is 4.90 Å². The molecule has 6 rings (SSSR count). The van der Waals surface area contributed by atoms with Gasteiger partial charge >= 0.3 is 0 Å². The van der Waals surface area contributed by atoms with E-state index in [2.05, 4.69) is 25.6 Å². The fourth-order valence-corrected chi connectivity index (χ4v) is 6.57. The summed E-state index contributed by atoms with van der Waals surface area (Å²) in [7, 11) is -10.0. The van der Waals surface area contributed by atoms with Crippen LogP contribution in [0.5, 0.6) is 0 Å². The topological polar surface area (TPSA) is 244 Å². The van der Waals surface area contributed by atoms with E-state index < -0.39 is 52.8 Å². The van der Waals surface area contributed by atoms with E-state index in [9.17, 15) is 35.5 Å².